The Kier molecular flexibility index (Phi) is 8.65. The molecule has 0 unspecified atom stereocenters. The molecule has 6 nitrogen and oxygen atoms in total. The highest BCUT2D eigenvalue weighted by molar-refractivity contribution is 5.90. The van der Waals surface area contributed by atoms with Crippen LogP contribution in [0.3, 0.4) is 0 Å². The molecule has 6 heteroatoms. The molecule has 170 valence electrons. The van der Waals surface area contributed by atoms with Crippen molar-refractivity contribution in [2.75, 3.05) is 13.2 Å². The molecule has 0 saturated heterocycles. The number of para-hydroxylation sites is 1. The Morgan fingerprint density at radius 3 is 2.27 bits per heavy atom. The lowest BCUT2D eigenvalue weighted by Gasteiger charge is -2.09. The minimum absolute atomic E-state index is 0.0667. The summed E-state index contributed by atoms with van der Waals surface area (Å²) >= 11 is 0. The third kappa shape index (κ3) is 8.18. The summed E-state index contributed by atoms with van der Waals surface area (Å²) in [7, 11) is 0. The van der Waals surface area contributed by atoms with Crippen LogP contribution in [0.4, 0.5) is 0 Å². The summed E-state index contributed by atoms with van der Waals surface area (Å²) in [5.74, 6) is 0.761. The molecular weight excluding hydrogens is 420 g/mol. The lowest BCUT2D eigenvalue weighted by atomic mass is 10.2. The van der Waals surface area contributed by atoms with Crippen LogP contribution in [0.25, 0.3) is 6.08 Å². The van der Waals surface area contributed by atoms with Gasteiger partial charge in [-0.1, -0.05) is 30.3 Å². The fourth-order valence-corrected chi connectivity index (χ4v) is 2.83. The Labute approximate surface area is 193 Å². The maximum atomic E-state index is 12.1. The van der Waals surface area contributed by atoms with E-state index in [4.69, 9.17) is 18.9 Å². The van der Waals surface area contributed by atoms with Crippen LogP contribution in [0.15, 0.2) is 84.9 Å². The molecule has 0 radical (unpaired) electrons. The van der Waals surface area contributed by atoms with Crippen LogP contribution in [0.5, 0.6) is 17.2 Å². The standard InChI is InChI=1S/C27H26O6/c1-20(2)32-25-10-6-7-21(19-25)11-16-26(28)33-24-14-12-22(13-15-24)27(29)31-18-17-30-23-8-4-3-5-9-23/h3-16,19-20H,17-18H2,1-2H3/b16-11+. The van der Waals surface area contributed by atoms with Gasteiger partial charge in [-0.25, -0.2) is 9.59 Å². The Morgan fingerprint density at radius 1 is 0.818 bits per heavy atom. The second kappa shape index (κ2) is 12.1. The van der Waals surface area contributed by atoms with Gasteiger partial charge in [0, 0.05) is 6.08 Å². The molecule has 0 aromatic heterocycles. The highest BCUT2D eigenvalue weighted by Crippen LogP contribution is 2.17. The molecular formula is C27H26O6. The lowest BCUT2D eigenvalue weighted by Crippen LogP contribution is -2.12. The molecule has 0 amide bonds. The molecule has 0 fully saturated rings. The number of carbonyl (C=O) groups is 2. The zero-order valence-electron chi connectivity index (χ0n) is 18.6. The quantitative estimate of drug-likeness (QED) is 0.181. The summed E-state index contributed by atoms with van der Waals surface area (Å²) in [6.45, 7) is 4.28. The van der Waals surface area contributed by atoms with Crippen LogP contribution in [0.2, 0.25) is 0 Å². The molecule has 0 spiro atoms. The third-order valence-electron chi connectivity index (χ3n) is 4.28. The molecule has 3 rings (SSSR count). The molecule has 0 aliphatic heterocycles. The first-order valence-electron chi connectivity index (χ1n) is 10.6. The molecule has 0 heterocycles. The van der Waals surface area contributed by atoms with Gasteiger partial charge in [-0.3, -0.25) is 0 Å². The van der Waals surface area contributed by atoms with Crippen molar-refractivity contribution in [2.45, 2.75) is 20.0 Å². The van der Waals surface area contributed by atoms with E-state index in [0.29, 0.717) is 17.1 Å². The smallest absolute Gasteiger partial charge is 0.338 e. The van der Waals surface area contributed by atoms with Crippen molar-refractivity contribution in [2.24, 2.45) is 0 Å². The van der Waals surface area contributed by atoms with E-state index in [1.165, 1.54) is 6.08 Å². The Bertz CT molecular complexity index is 1070. The normalized spacial score (nSPS) is 10.8. The molecule has 3 aromatic carbocycles. The average Bonchev–Trinajstić information content (AvgIpc) is 2.81. The van der Waals surface area contributed by atoms with E-state index in [0.717, 1.165) is 11.3 Å². The van der Waals surface area contributed by atoms with Gasteiger partial charge in [0.15, 0.2) is 0 Å². The van der Waals surface area contributed by atoms with Crippen molar-refractivity contribution >= 4 is 18.0 Å². The van der Waals surface area contributed by atoms with Gasteiger partial charge in [0.05, 0.1) is 11.7 Å². The first-order valence-corrected chi connectivity index (χ1v) is 10.6. The van der Waals surface area contributed by atoms with Crippen LogP contribution < -0.4 is 14.2 Å². The van der Waals surface area contributed by atoms with E-state index in [-0.39, 0.29) is 19.3 Å². The molecule has 0 saturated carbocycles. The van der Waals surface area contributed by atoms with E-state index < -0.39 is 11.9 Å². The van der Waals surface area contributed by atoms with E-state index >= 15 is 0 Å². The molecule has 33 heavy (non-hydrogen) atoms. The maximum absolute atomic E-state index is 12.1. The predicted octanol–water partition coefficient (Wildman–Crippen LogP) is 5.33. The summed E-state index contributed by atoms with van der Waals surface area (Å²) in [5.41, 5.74) is 1.17. The lowest BCUT2D eigenvalue weighted by molar-refractivity contribution is -0.128. The molecule has 0 N–H and O–H groups in total. The van der Waals surface area contributed by atoms with E-state index in [9.17, 15) is 9.59 Å². The van der Waals surface area contributed by atoms with Crippen molar-refractivity contribution in [3.63, 3.8) is 0 Å². The number of ether oxygens (including phenoxy) is 4. The highest BCUT2D eigenvalue weighted by atomic mass is 16.6. The third-order valence-corrected chi connectivity index (χ3v) is 4.28. The van der Waals surface area contributed by atoms with Gasteiger partial charge in [-0.05, 0) is 74.0 Å². The second-order valence-electron chi connectivity index (χ2n) is 7.32. The molecule has 0 aliphatic carbocycles. The van der Waals surface area contributed by atoms with Crippen molar-refractivity contribution in [3.8, 4) is 17.2 Å². The summed E-state index contributed by atoms with van der Waals surface area (Å²) < 4.78 is 21.6. The largest absolute Gasteiger partial charge is 0.491 e. The Hall–Kier alpha value is -4.06. The van der Waals surface area contributed by atoms with Gasteiger partial charge in [-0.2, -0.15) is 0 Å². The summed E-state index contributed by atoms with van der Waals surface area (Å²) in [6.07, 6.45) is 3.05. The van der Waals surface area contributed by atoms with Crippen molar-refractivity contribution < 1.29 is 28.5 Å². The van der Waals surface area contributed by atoms with Crippen LogP contribution in [-0.4, -0.2) is 31.3 Å². The average molecular weight is 446 g/mol. The molecule has 0 atom stereocenters. The molecule has 0 bridgehead atoms. The first-order chi connectivity index (χ1) is 16.0. The van der Waals surface area contributed by atoms with Crippen LogP contribution in [-0.2, 0) is 9.53 Å². The van der Waals surface area contributed by atoms with Gasteiger partial charge in [0.25, 0.3) is 0 Å². The number of esters is 2. The maximum Gasteiger partial charge on any atom is 0.338 e. The fourth-order valence-electron chi connectivity index (χ4n) is 2.83. The molecule has 0 aliphatic rings. The number of rotatable bonds is 10. The monoisotopic (exact) mass is 446 g/mol. The van der Waals surface area contributed by atoms with Crippen LogP contribution >= 0.6 is 0 Å². The van der Waals surface area contributed by atoms with Crippen molar-refractivity contribution in [1.82, 2.24) is 0 Å². The summed E-state index contributed by atoms with van der Waals surface area (Å²) in [5, 5.41) is 0. The summed E-state index contributed by atoms with van der Waals surface area (Å²) in [4.78, 5) is 24.2. The van der Waals surface area contributed by atoms with Crippen molar-refractivity contribution in [1.29, 1.82) is 0 Å². The number of carbonyl (C=O) groups excluding carboxylic acids is 2. The predicted molar refractivity (Wildman–Crippen MR) is 126 cm³/mol. The van der Waals surface area contributed by atoms with Gasteiger partial charge in [0.2, 0.25) is 0 Å². The SMILES string of the molecule is CC(C)Oc1cccc(/C=C/C(=O)Oc2ccc(C(=O)OCCOc3ccccc3)cc2)c1. The van der Waals surface area contributed by atoms with Crippen LogP contribution in [0.1, 0.15) is 29.8 Å². The number of benzene rings is 3. The van der Waals surface area contributed by atoms with Gasteiger partial charge in [-0.15, -0.1) is 0 Å². The van der Waals surface area contributed by atoms with Gasteiger partial charge in [0.1, 0.15) is 30.5 Å². The van der Waals surface area contributed by atoms with Gasteiger partial charge < -0.3 is 18.9 Å². The van der Waals surface area contributed by atoms with Crippen molar-refractivity contribution in [3.05, 3.63) is 96.1 Å². The topological polar surface area (TPSA) is 71.1 Å². The van der Waals surface area contributed by atoms with Gasteiger partial charge >= 0.3 is 11.9 Å². The van der Waals surface area contributed by atoms with E-state index in [2.05, 4.69) is 0 Å². The van der Waals surface area contributed by atoms with E-state index in [1.807, 2.05) is 68.4 Å². The summed E-state index contributed by atoms with van der Waals surface area (Å²) in [6, 6.07) is 22.9. The first kappa shape index (κ1) is 23.6. The zero-order valence-corrected chi connectivity index (χ0v) is 18.6. The zero-order chi connectivity index (χ0) is 23.5. The van der Waals surface area contributed by atoms with E-state index in [1.54, 1.807) is 30.3 Å². The minimum Gasteiger partial charge on any atom is -0.491 e. The second-order valence-corrected chi connectivity index (χ2v) is 7.32. The van der Waals surface area contributed by atoms with Crippen LogP contribution in [0, 0.1) is 0 Å². The Morgan fingerprint density at radius 2 is 1.55 bits per heavy atom. The number of hydrogen-bond acceptors (Lipinski definition) is 6. The fraction of sp³-hybridized carbons (Fsp3) is 0.185. The highest BCUT2D eigenvalue weighted by Gasteiger charge is 2.08. The Balaban J connectivity index is 1.45. The number of hydrogen-bond donors (Lipinski definition) is 0. The minimum atomic E-state index is -0.529. The molecule has 3 aromatic rings.